The SMILES string of the molecule is COc1ccc(Sc2c(O)c3c(=O)n(-c4ccc(OC)cc4)c4c(c3oc2=O)CCc2ccccc2-4)cc1. The highest BCUT2D eigenvalue weighted by atomic mass is 32.2. The standard InChI is InChI=1S/C30H23NO6S/c1-35-19-10-8-18(9-11-19)31-25-22-6-4-3-5-17(22)7-16-23(25)27-24(29(31)33)26(32)28(30(34)37-27)38-21-14-12-20(36-2)13-15-21/h3-6,8-15,32H,7,16H2,1-2H3. The molecule has 0 fully saturated rings. The molecule has 0 atom stereocenters. The number of ether oxygens (including phenoxy) is 2. The molecule has 0 saturated heterocycles. The molecule has 8 heteroatoms. The summed E-state index contributed by atoms with van der Waals surface area (Å²) in [6.07, 6.45) is 1.26. The van der Waals surface area contributed by atoms with Gasteiger partial charge in [0.15, 0.2) is 11.3 Å². The van der Waals surface area contributed by atoms with E-state index in [9.17, 15) is 14.7 Å². The molecule has 0 unspecified atom stereocenters. The van der Waals surface area contributed by atoms with E-state index in [1.807, 2.05) is 24.3 Å². The van der Waals surface area contributed by atoms with E-state index >= 15 is 0 Å². The van der Waals surface area contributed by atoms with Crippen molar-refractivity contribution < 1.29 is 19.0 Å². The fourth-order valence-electron chi connectivity index (χ4n) is 4.95. The smallest absolute Gasteiger partial charge is 0.354 e. The maximum atomic E-state index is 14.2. The van der Waals surface area contributed by atoms with Crippen LogP contribution in [0.25, 0.3) is 27.9 Å². The van der Waals surface area contributed by atoms with Crippen molar-refractivity contribution in [2.45, 2.75) is 22.6 Å². The van der Waals surface area contributed by atoms with Crippen molar-refractivity contribution in [3.05, 3.63) is 105 Å². The minimum absolute atomic E-state index is 0.0189. The molecule has 1 aliphatic carbocycles. The number of nitrogens with zero attached hydrogens (tertiary/aromatic N) is 1. The number of rotatable bonds is 5. The van der Waals surface area contributed by atoms with Crippen LogP contribution in [0.15, 0.2) is 96.6 Å². The van der Waals surface area contributed by atoms with Crippen LogP contribution in [0.3, 0.4) is 0 Å². The van der Waals surface area contributed by atoms with Gasteiger partial charge in [0.2, 0.25) is 0 Å². The molecular weight excluding hydrogens is 502 g/mol. The van der Waals surface area contributed by atoms with Crippen molar-refractivity contribution in [3.8, 4) is 34.2 Å². The summed E-state index contributed by atoms with van der Waals surface area (Å²) in [5.74, 6) is 0.938. The van der Waals surface area contributed by atoms with Gasteiger partial charge in [0.25, 0.3) is 5.56 Å². The molecule has 0 spiro atoms. The first-order chi connectivity index (χ1) is 18.5. The quantitative estimate of drug-likeness (QED) is 0.320. The van der Waals surface area contributed by atoms with E-state index in [-0.39, 0.29) is 21.6 Å². The summed E-state index contributed by atoms with van der Waals surface area (Å²) >= 11 is 1.04. The lowest BCUT2D eigenvalue weighted by Gasteiger charge is -2.25. The topological polar surface area (TPSA) is 90.9 Å². The van der Waals surface area contributed by atoms with Crippen molar-refractivity contribution in [2.24, 2.45) is 0 Å². The fraction of sp³-hybridized carbons (Fsp3) is 0.133. The van der Waals surface area contributed by atoms with E-state index in [2.05, 4.69) is 0 Å². The summed E-state index contributed by atoms with van der Waals surface area (Å²) in [5.41, 5.74) is 2.93. The van der Waals surface area contributed by atoms with Crippen molar-refractivity contribution in [1.82, 2.24) is 4.57 Å². The lowest BCUT2D eigenvalue weighted by atomic mass is 9.87. The third-order valence-electron chi connectivity index (χ3n) is 6.79. The zero-order valence-corrected chi connectivity index (χ0v) is 21.5. The van der Waals surface area contributed by atoms with Gasteiger partial charge in [-0.05, 0) is 66.9 Å². The lowest BCUT2D eigenvalue weighted by molar-refractivity contribution is 0.414. The predicted octanol–water partition coefficient (Wildman–Crippen LogP) is 5.58. The lowest BCUT2D eigenvalue weighted by Crippen LogP contribution is -2.25. The van der Waals surface area contributed by atoms with E-state index in [1.165, 1.54) is 0 Å². The van der Waals surface area contributed by atoms with Crippen LogP contribution in [0.1, 0.15) is 11.1 Å². The maximum absolute atomic E-state index is 14.2. The summed E-state index contributed by atoms with van der Waals surface area (Å²) in [6, 6.07) is 22.1. The monoisotopic (exact) mass is 525 g/mol. The zero-order valence-electron chi connectivity index (χ0n) is 20.7. The van der Waals surface area contributed by atoms with Crippen LogP contribution in [-0.2, 0) is 12.8 Å². The average molecular weight is 526 g/mol. The molecule has 0 aliphatic heterocycles. The largest absolute Gasteiger partial charge is 0.505 e. The molecule has 2 aromatic heterocycles. The number of aromatic nitrogens is 1. The third kappa shape index (κ3) is 3.85. The Bertz CT molecular complexity index is 1800. The maximum Gasteiger partial charge on any atom is 0.354 e. The zero-order chi connectivity index (χ0) is 26.4. The number of aromatic hydroxyl groups is 1. The van der Waals surface area contributed by atoms with E-state index in [4.69, 9.17) is 13.9 Å². The first-order valence-electron chi connectivity index (χ1n) is 12.0. The molecule has 0 radical (unpaired) electrons. The highest BCUT2D eigenvalue weighted by molar-refractivity contribution is 7.99. The van der Waals surface area contributed by atoms with Crippen LogP contribution >= 0.6 is 11.8 Å². The summed E-state index contributed by atoms with van der Waals surface area (Å²) in [6.45, 7) is 0. The van der Waals surface area contributed by atoms with Gasteiger partial charge in [-0.2, -0.15) is 0 Å². The van der Waals surface area contributed by atoms with Crippen molar-refractivity contribution in [1.29, 1.82) is 0 Å². The molecule has 1 aliphatic rings. The van der Waals surface area contributed by atoms with Crippen LogP contribution in [0, 0.1) is 0 Å². The molecule has 38 heavy (non-hydrogen) atoms. The molecule has 1 N–H and O–H groups in total. The van der Waals surface area contributed by atoms with Crippen LogP contribution in [-0.4, -0.2) is 23.9 Å². The molecule has 5 aromatic rings. The van der Waals surface area contributed by atoms with Gasteiger partial charge in [-0.3, -0.25) is 9.36 Å². The van der Waals surface area contributed by atoms with Gasteiger partial charge >= 0.3 is 5.63 Å². The second kappa shape index (κ2) is 9.46. The molecule has 0 bridgehead atoms. The number of pyridine rings is 1. The van der Waals surface area contributed by atoms with Gasteiger partial charge in [0.05, 0.1) is 19.9 Å². The molecular formula is C30H23NO6S. The second-order valence-electron chi connectivity index (χ2n) is 8.87. The minimum Gasteiger partial charge on any atom is -0.505 e. The summed E-state index contributed by atoms with van der Waals surface area (Å²) in [5, 5.41) is 11.4. The van der Waals surface area contributed by atoms with E-state index < -0.39 is 11.2 Å². The van der Waals surface area contributed by atoms with Gasteiger partial charge in [-0.15, -0.1) is 0 Å². The van der Waals surface area contributed by atoms with Crippen LogP contribution in [0.4, 0.5) is 0 Å². The number of fused-ring (bicyclic) bond motifs is 5. The van der Waals surface area contributed by atoms with Gasteiger partial charge in [-0.1, -0.05) is 36.0 Å². The van der Waals surface area contributed by atoms with E-state index in [0.717, 1.165) is 22.9 Å². The Morgan fingerprint density at radius 1 is 0.868 bits per heavy atom. The Morgan fingerprint density at radius 2 is 1.53 bits per heavy atom. The normalized spacial score (nSPS) is 12.2. The molecule has 3 aromatic carbocycles. The Hall–Kier alpha value is -4.43. The number of methoxy groups -OCH3 is 2. The number of benzene rings is 3. The first kappa shape index (κ1) is 23.9. The van der Waals surface area contributed by atoms with Crippen LogP contribution in [0.5, 0.6) is 17.2 Å². The first-order valence-corrected chi connectivity index (χ1v) is 12.8. The van der Waals surface area contributed by atoms with Gasteiger partial charge < -0.3 is 19.0 Å². The van der Waals surface area contributed by atoms with Gasteiger partial charge in [-0.25, -0.2) is 4.79 Å². The summed E-state index contributed by atoms with van der Waals surface area (Å²) < 4.78 is 17.9. The second-order valence-corrected chi connectivity index (χ2v) is 9.96. The molecule has 0 saturated carbocycles. The van der Waals surface area contributed by atoms with Crippen molar-refractivity contribution >= 4 is 22.7 Å². The highest BCUT2D eigenvalue weighted by Gasteiger charge is 2.29. The van der Waals surface area contributed by atoms with Crippen molar-refractivity contribution in [2.75, 3.05) is 14.2 Å². The average Bonchev–Trinajstić information content (AvgIpc) is 2.95. The predicted molar refractivity (Wildman–Crippen MR) is 146 cm³/mol. The molecule has 7 nitrogen and oxygen atoms in total. The molecule has 6 rings (SSSR count). The molecule has 0 amide bonds. The van der Waals surface area contributed by atoms with Crippen LogP contribution < -0.4 is 20.7 Å². The minimum atomic E-state index is -0.696. The molecule has 190 valence electrons. The number of hydrogen-bond donors (Lipinski definition) is 1. The molecule has 2 heterocycles. The highest BCUT2D eigenvalue weighted by Crippen LogP contribution is 2.41. The Balaban J connectivity index is 1.65. The van der Waals surface area contributed by atoms with Gasteiger partial charge in [0, 0.05) is 21.7 Å². The van der Waals surface area contributed by atoms with Crippen LogP contribution in [0.2, 0.25) is 0 Å². The Morgan fingerprint density at radius 3 is 2.21 bits per heavy atom. The Kier molecular flexibility index (Phi) is 5.96. The van der Waals surface area contributed by atoms with E-state index in [0.29, 0.717) is 46.2 Å². The fourth-order valence-corrected chi connectivity index (χ4v) is 5.78. The van der Waals surface area contributed by atoms with Gasteiger partial charge in [0.1, 0.15) is 21.8 Å². The summed E-state index contributed by atoms with van der Waals surface area (Å²) in [4.78, 5) is 28.0. The third-order valence-corrected chi connectivity index (χ3v) is 7.86. The van der Waals surface area contributed by atoms with Crippen molar-refractivity contribution in [3.63, 3.8) is 0 Å². The summed E-state index contributed by atoms with van der Waals surface area (Å²) in [7, 11) is 3.15. The Labute approximate surface area is 221 Å². The van der Waals surface area contributed by atoms with E-state index in [1.54, 1.807) is 67.3 Å². The number of hydrogen-bond acceptors (Lipinski definition) is 7. The number of aryl methyl sites for hydroxylation is 2.